The van der Waals surface area contributed by atoms with Gasteiger partial charge in [-0.2, -0.15) is 0 Å². The highest BCUT2D eigenvalue weighted by Gasteiger charge is 2.45. The van der Waals surface area contributed by atoms with Crippen LogP contribution < -0.4 is 52.2 Å². The molecule has 370 valence electrons. The van der Waals surface area contributed by atoms with E-state index in [9.17, 15) is 0 Å². The number of anilines is 9. The van der Waals surface area contributed by atoms with Gasteiger partial charge in [0.1, 0.15) is 11.5 Å². The Morgan fingerprint density at radius 3 is 1.35 bits per heavy atom. The van der Waals surface area contributed by atoms with E-state index < -0.39 is 0 Å². The number of hydrogen-bond donors (Lipinski definition) is 0. The summed E-state index contributed by atoms with van der Waals surface area (Å²) in [7, 11) is 0. The fourth-order valence-corrected chi connectivity index (χ4v) is 13.6. The van der Waals surface area contributed by atoms with E-state index in [0.29, 0.717) is 0 Å². The lowest BCUT2D eigenvalue weighted by Gasteiger charge is -2.42. The maximum absolute atomic E-state index is 7.61. The molecular formula is C72H49B2N3OS. The Morgan fingerprint density at radius 1 is 0.304 bits per heavy atom. The van der Waals surface area contributed by atoms with Gasteiger partial charge in [-0.05, 0) is 129 Å². The molecule has 0 amide bonds. The van der Waals surface area contributed by atoms with Crippen molar-refractivity contribution in [2.45, 2.75) is 9.79 Å². The van der Waals surface area contributed by atoms with Crippen LogP contribution in [0.25, 0.3) is 22.3 Å². The fourth-order valence-electron chi connectivity index (χ4n) is 12.4. The molecular weight excluding hydrogens is 977 g/mol. The highest BCUT2D eigenvalue weighted by atomic mass is 32.2. The molecule has 0 aromatic heterocycles. The lowest BCUT2D eigenvalue weighted by atomic mass is 9.31. The van der Waals surface area contributed by atoms with Crippen molar-refractivity contribution in [2.24, 2.45) is 0 Å². The molecule has 12 aromatic carbocycles. The third kappa shape index (κ3) is 8.12. The smallest absolute Gasteiger partial charge is 0.252 e. The standard InChI is InChI=1S/C72H49B2N3OS/c1-8-25-50(26-9-1)59-39-24-40-60(51-27-10-2-11-28-51)71(59)73-61-44-43-57(75(52-29-12-3-13-30-52)53-31-14-4-15-32-53)46-67(61)78-68-49-65-63(48-64(68)73)74-62-41-22-23-42-69(62)79-70-47-58(45-66(72(70)74)77(65)56-37-20-7-21-38-56)76(54-33-16-5-17-34-54)55-35-18-6-19-36-55/h1-49H. The van der Waals surface area contributed by atoms with Crippen LogP contribution in [0.2, 0.25) is 0 Å². The summed E-state index contributed by atoms with van der Waals surface area (Å²) in [5.74, 6) is 1.65. The van der Waals surface area contributed by atoms with Crippen molar-refractivity contribution in [3.05, 3.63) is 297 Å². The molecule has 0 radical (unpaired) electrons. The van der Waals surface area contributed by atoms with Gasteiger partial charge in [0.2, 0.25) is 6.71 Å². The number of para-hydroxylation sites is 5. The average Bonchev–Trinajstić information content (AvgIpc) is 3.66. The van der Waals surface area contributed by atoms with Gasteiger partial charge < -0.3 is 19.4 Å². The van der Waals surface area contributed by atoms with Gasteiger partial charge in [-0.25, -0.2) is 0 Å². The second-order valence-electron chi connectivity index (χ2n) is 20.3. The average molecular weight is 1030 g/mol. The summed E-state index contributed by atoms with van der Waals surface area (Å²) < 4.78 is 7.61. The van der Waals surface area contributed by atoms with Gasteiger partial charge in [0, 0.05) is 73.1 Å². The van der Waals surface area contributed by atoms with Crippen LogP contribution in [-0.2, 0) is 0 Å². The molecule has 3 aliphatic heterocycles. The number of hydrogen-bond acceptors (Lipinski definition) is 5. The van der Waals surface area contributed by atoms with E-state index in [2.05, 4.69) is 312 Å². The Kier molecular flexibility index (Phi) is 11.6. The summed E-state index contributed by atoms with van der Waals surface area (Å²) in [5, 5.41) is 0. The van der Waals surface area contributed by atoms with Gasteiger partial charge >= 0.3 is 0 Å². The van der Waals surface area contributed by atoms with E-state index in [1.807, 2.05) is 11.8 Å². The van der Waals surface area contributed by atoms with Crippen LogP contribution in [0.15, 0.2) is 307 Å². The molecule has 12 aromatic rings. The van der Waals surface area contributed by atoms with E-state index in [4.69, 9.17) is 4.74 Å². The van der Waals surface area contributed by atoms with Crippen molar-refractivity contribution in [1.29, 1.82) is 0 Å². The lowest BCUT2D eigenvalue weighted by Crippen LogP contribution is -2.62. The van der Waals surface area contributed by atoms with Crippen LogP contribution in [0.4, 0.5) is 51.2 Å². The maximum Gasteiger partial charge on any atom is 0.252 e. The molecule has 79 heavy (non-hydrogen) atoms. The van der Waals surface area contributed by atoms with Crippen molar-refractivity contribution in [2.75, 3.05) is 14.7 Å². The number of fused-ring (bicyclic) bond motifs is 6. The molecule has 0 aliphatic carbocycles. The molecule has 0 atom stereocenters. The molecule has 0 fully saturated rings. The second kappa shape index (κ2) is 19.7. The molecule has 0 saturated carbocycles. The normalized spacial score (nSPS) is 12.5. The zero-order valence-corrected chi connectivity index (χ0v) is 43.9. The van der Waals surface area contributed by atoms with Crippen LogP contribution in [-0.4, -0.2) is 13.4 Å². The highest BCUT2D eigenvalue weighted by Crippen LogP contribution is 2.48. The number of ether oxygens (including phenoxy) is 1. The topological polar surface area (TPSA) is 19.0 Å². The van der Waals surface area contributed by atoms with Gasteiger partial charge in [0.25, 0.3) is 6.71 Å². The maximum atomic E-state index is 7.61. The molecule has 0 N–H and O–H groups in total. The highest BCUT2D eigenvalue weighted by molar-refractivity contribution is 8.00. The largest absolute Gasteiger partial charge is 0.458 e. The third-order valence-corrected chi connectivity index (χ3v) is 16.9. The molecule has 3 aliphatic rings. The summed E-state index contributed by atoms with van der Waals surface area (Å²) in [6, 6.07) is 108. The molecule has 7 heteroatoms. The first-order chi connectivity index (χ1) is 39.2. The predicted octanol–water partition coefficient (Wildman–Crippen LogP) is 15.3. The minimum Gasteiger partial charge on any atom is -0.458 e. The summed E-state index contributed by atoms with van der Waals surface area (Å²) in [6.45, 7) is -0.315. The second-order valence-corrected chi connectivity index (χ2v) is 21.4. The van der Waals surface area contributed by atoms with Crippen LogP contribution in [0, 0.1) is 0 Å². The quantitative estimate of drug-likeness (QED) is 0.127. The molecule has 0 bridgehead atoms. The number of benzene rings is 12. The number of nitrogens with zero attached hydrogens (tertiary/aromatic N) is 3. The van der Waals surface area contributed by atoms with E-state index in [0.717, 1.165) is 73.6 Å². The fraction of sp³-hybridized carbons (Fsp3) is 0. The summed E-state index contributed by atoms with van der Waals surface area (Å²) in [6.07, 6.45) is 0. The molecule has 0 unspecified atom stereocenters. The van der Waals surface area contributed by atoms with Gasteiger partial charge in [-0.1, -0.05) is 223 Å². The Morgan fingerprint density at radius 2 is 0.785 bits per heavy atom. The Labute approximate surface area is 466 Å². The SMILES string of the molecule is c1ccc(-c2cccc(-c3ccccc3)c2B2c3ccc(N(c4ccccc4)c4ccccc4)cc3Oc3cc4c(cc32)B2c3ccccc3Sc3cc(N(c5ccccc5)c5ccccc5)cc(c32)N4c2ccccc2)cc1. The van der Waals surface area contributed by atoms with Crippen molar-refractivity contribution >= 4 is 109 Å². The first-order valence-electron chi connectivity index (χ1n) is 27.1. The molecule has 3 heterocycles. The van der Waals surface area contributed by atoms with Gasteiger partial charge in [0.15, 0.2) is 0 Å². The van der Waals surface area contributed by atoms with Crippen molar-refractivity contribution in [3.63, 3.8) is 0 Å². The molecule has 15 rings (SSSR count). The van der Waals surface area contributed by atoms with Crippen molar-refractivity contribution in [3.8, 4) is 33.8 Å². The lowest BCUT2D eigenvalue weighted by molar-refractivity contribution is 0.488. The van der Waals surface area contributed by atoms with Crippen LogP contribution >= 0.6 is 11.8 Å². The van der Waals surface area contributed by atoms with Gasteiger partial charge in [-0.3, -0.25) is 0 Å². The monoisotopic (exact) mass is 1030 g/mol. The summed E-state index contributed by atoms with van der Waals surface area (Å²) in [4.78, 5) is 9.72. The summed E-state index contributed by atoms with van der Waals surface area (Å²) >= 11 is 1.88. The predicted molar refractivity (Wildman–Crippen MR) is 334 cm³/mol. The van der Waals surface area contributed by atoms with Crippen molar-refractivity contribution in [1.82, 2.24) is 0 Å². The number of rotatable bonds is 10. The minimum absolute atomic E-state index is 0.0775. The summed E-state index contributed by atoms with van der Waals surface area (Å²) in [5.41, 5.74) is 21.8. The Balaban J connectivity index is 1.02. The zero-order valence-electron chi connectivity index (χ0n) is 43.1. The zero-order chi connectivity index (χ0) is 52.2. The Bertz CT molecular complexity index is 4080. The van der Waals surface area contributed by atoms with Crippen LogP contribution in [0.3, 0.4) is 0 Å². The van der Waals surface area contributed by atoms with Crippen molar-refractivity contribution < 1.29 is 4.74 Å². The van der Waals surface area contributed by atoms with Crippen LogP contribution in [0.1, 0.15) is 0 Å². The third-order valence-electron chi connectivity index (χ3n) is 15.8. The van der Waals surface area contributed by atoms with Gasteiger partial charge in [-0.15, -0.1) is 0 Å². The Hall–Kier alpha value is -9.68. The van der Waals surface area contributed by atoms with Crippen LogP contribution in [0.5, 0.6) is 11.5 Å². The first-order valence-corrected chi connectivity index (χ1v) is 27.9. The molecule has 4 nitrogen and oxygen atoms in total. The van der Waals surface area contributed by atoms with E-state index in [-0.39, 0.29) is 13.4 Å². The molecule has 0 spiro atoms. The molecule has 0 saturated heterocycles. The van der Waals surface area contributed by atoms with Gasteiger partial charge in [0.05, 0.1) is 0 Å². The minimum atomic E-state index is -0.237. The van der Waals surface area contributed by atoms with E-state index in [1.165, 1.54) is 53.9 Å². The van der Waals surface area contributed by atoms with E-state index in [1.54, 1.807) is 0 Å². The first kappa shape index (κ1) is 46.6. The van der Waals surface area contributed by atoms with E-state index >= 15 is 0 Å².